The van der Waals surface area contributed by atoms with E-state index in [9.17, 15) is 0 Å². The van der Waals surface area contributed by atoms with E-state index in [2.05, 4.69) is 9.97 Å². The Balaban J connectivity index is 2.28. The molecule has 20 heavy (non-hydrogen) atoms. The van der Waals surface area contributed by atoms with Gasteiger partial charge in [-0.1, -0.05) is 6.07 Å². The van der Waals surface area contributed by atoms with Gasteiger partial charge >= 0.3 is 0 Å². The summed E-state index contributed by atoms with van der Waals surface area (Å²) < 4.78 is 12.9. The molecule has 0 atom stereocenters. The van der Waals surface area contributed by atoms with Gasteiger partial charge in [0.15, 0.2) is 10.4 Å². The average Bonchev–Trinajstić information content (AvgIpc) is 2.82. The topological polar surface area (TPSA) is 52.1 Å². The van der Waals surface area contributed by atoms with Gasteiger partial charge in [-0.2, -0.15) is 4.98 Å². The summed E-state index contributed by atoms with van der Waals surface area (Å²) >= 11 is 5.38. The molecule has 1 aromatic carbocycles. The second kappa shape index (κ2) is 4.97. The smallest absolute Gasteiger partial charge is 0.215 e. The number of pyridine rings is 1. The number of benzene rings is 1. The third kappa shape index (κ3) is 2.04. The van der Waals surface area contributed by atoms with Gasteiger partial charge in [-0.25, -0.2) is 0 Å². The van der Waals surface area contributed by atoms with Crippen LogP contribution in [0.3, 0.4) is 0 Å². The summed E-state index contributed by atoms with van der Waals surface area (Å²) in [5, 5.41) is 0. The molecule has 0 saturated carbocycles. The number of ether oxygens (including phenoxy) is 2. The summed E-state index contributed by atoms with van der Waals surface area (Å²) in [5.74, 6) is 1.31. The standard InChI is InChI=1S/C14H13N3O2S/c1-18-10-5-3-4-9(8-10)17-13-11(15-14(17)20)6-7-12(16-13)19-2/h3-8H,1-2H3,(H,15,20). The van der Waals surface area contributed by atoms with E-state index in [1.807, 2.05) is 34.9 Å². The Morgan fingerprint density at radius 2 is 2.00 bits per heavy atom. The van der Waals surface area contributed by atoms with Gasteiger partial charge in [-0.3, -0.25) is 4.57 Å². The van der Waals surface area contributed by atoms with Gasteiger partial charge in [-0.05, 0) is 30.4 Å². The number of fused-ring (bicyclic) bond motifs is 1. The zero-order chi connectivity index (χ0) is 14.1. The number of aromatic amines is 1. The van der Waals surface area contributed by atoms with E-state index >= 15 is 0 Å². The molecular formula is C14H13N3O2S. The van der Waals surface area contributed by atoms with Crippen LogP contribution < -0.4 is 9.47 Å². The van der Waals surface area contributed by atoms with Crippen LogP contribution in [0.25, 0.3) is 16.9 Å². The first-order valence-electron chi connectivity index (χ1n) is 6.03. The van der Waals surface area contributed by atoms with Gasteiger partial charge in [0.25, 0.3) is 0 Å². The number of nitrogens with one attached hydrogen (secondary N) is 1. The highest BCUT2D eigenvalue weighted by atomic mass is 32.1. The van der Waals surface area contributed by atoms with E-state index in [1.54, 1.807) is 20.3 Å². The quantitative estimate of drug-likeness (QED) is 0.752. The molecule has 6 heteroatoms. The van der Waals surface area contributed by atoms with Gasteiger partial charge in [0.1, 0.15) is 5.75 Å². The van der Waals surface area contributed by atoms with Crippen LogP contribution in [0.5, 0.6) is 11.6 Å². The third-order valence-electron chi connectivity index (χ3n) is 3.03. The highest BCUT2D eigenvalue weighted by molar-refractivity contribution is 7.71. The van der Waals surface area contributed by atoms with Crippen LogP contribution in [0.15, 0.2) is 36.4 Å². The number of imidazole rings is 1. The Morgan fingerprint density at radius 1 is 1.15 bits per heavy atom. The Kier molecular flexibility index (Phi) is 3.15. The number of aromatic nitrogens is 3. The molecule has 0 aliphatic heterocycles. The Bertz CT molecular complexity index is 823. The second-order valence-corrected chi connectivity index (χ2v) is 4.58. The summed E-state index contributed by atoms with van der Waals surface area (Å²) in [6.07, 6.45) is 0. The normalized spacial score (nSPS) is 10.7. The van der Waals surface area contributed by atoms with Crippen LogP contribution in [0.2, 0.25) is 0 Å². The molecule has 2 aromatic heterocycles. The average molecular weight is 287 g/mol. The van der Waals surface area contributed by atoms with E-state index in [-0.39, 0.29) is 0 Å². The Morgan fingerprint density at radius 3 is 2.75 bits per heavy atom. The SMILES string of the molecule is COc1cccc(-n2c(=S)[nH]c3ccc(OC)nc32)c1. The predicted octanol–water partition coefficient (Wildman–Crippen LogP) is 3.10. The van der Waals surface area contributed by atoms with Crippen molar-refractivity contribution in [3.8, 4) is 17.3 Å². The van der Waals surface area contributed by atoms with Crippen molar-refractivity contribution in [2.45, 2.75) is 0 Å². The van der Waals surface area contributed by atoms with Crippen LogP contribution in [0.4, 0.5) is 0 Å². The summed E-state index contributed by atoms with van der Waals surface area (Å²) in [5.41, 5.74) is 2.47. The fraction of sp³-hybridized carbons (Fsp3) is 0.143. The molecule has 1 N–H and O–H groups in total. The number of methoxy groups -OCH3 is 2. The molecule has 2 heterocycles. The first-order chi connectivity index (χ1) is 9.72. The van der Waals surface area contributed by atoms with E-state index in [0.29, 0.717) is 10.7 Å². The Hall–Kier alpha value is -2.34. The van der Waals surface area contributed by atoms with E-state index in [1.165, 1.54) is 0 Å². The van der Waals surface area contributed by atoms with Crippen LogP contribution >= 0.6 is 12.2 Å². The van der Waals surface area contributed by atoms with Gasteiger partial charge in [-0.15, -0.1) is 0 Å². The number of rotatable bonds is 3. The number of H-pyrrole nitrogens is 1. The van der Waals surface area contributed by atoms with Crippen molar-refractivity contribution < 1.29 is 9.47 Å². The molecule has 0 bridgehead atoms. The lowest BCUT2D eigenvalue weighted by Crippen LogP contribution is -1.97. The minimum atomic E-state index is 0.545. The van der Waals surface area contributed by atoms with Crippen LogP contribution in [-0.4, -0.2) is 28.8 Å². The van der Waals surface area contributed by atoms with Crippen molar-refractivity contribution in [3.63, 3.8) is 0 Å². The van der Waals surface area contributed by atoms with Crippen molar-refractivity contribution >= 4 is 23.4 Å². The molecule has 0 saturated heterocycles. The maximum absolute atomic E-state index is 5.38. The molecule has 5 nitrogen and oxygen atoms in total. The van der Waals surface area contributed by atoms with Crippen molar-refractivity contribution in [1.29, 1.82) is 0 Å². The molecule has 0 amide bonds. The summed E-state index contributed by atoms with van der Waals surface area (Å²) in [7, 11) is 3.22. The molecule has 3 rings (SSSR count). The first kappa shape index (κ1) is 12.7. The lowest BCUT2D eigenvalue weighted by molar-refractivity contribution is 0.399. The molecule has 0 aliphatic carbocycles. The molecular weight excluding hydrogens is 274 g/mol. The summed E-state index contributed by atoms with van der Waals surface area (Å²) in [4.78, 5) is 7.58. The molecule has 102 valence electrons. The van der Waals surface area contributed by atoms with Crippen molar-refractivity contribution in [2.24, 2.45) is 0 Å². The van der Waals surface area contributed by atoms with Crippen LogP contribution in [-0.2, 0) is 0 Å². The predicted molar refractivity (Wildman–Crippen MR) is 79.4 cm³/mol. The van der Waals surface area contributed by atoms with Crippen molar-refractivity contribution in [2.75, 3.05) is 14.2 Å². The molecule has 0 spiro atoms. The first-order valence-corrected chi connectivity index (χ1v) is 6.44. The van der Waals surface area contributed by atoms with E-state index in [4.69, 9.17) is 21.7 Å². The van der Waals surface area contributed by atoms with E-state index in [0.717, 1.165) is 22.6 Å². The fourth-order valence-electron chi connectivity index (χ4n) is 2.07. The zero-order valence-electron chi connectivity index (χ0n) is 11.1. The van der Waals surface area contributed by atoms with Crippen molar-refractivity contribution in [3.05, 3.63) is 41.2 Å². The Labute approximate surface area is 120 Å². The summed E-state index contributed by atoms with van der Waals surface area (Å²) in [6, 6.07) is 11.3. The van der Waals surface area contributed by atoms with Crippen molar-refractivity contribution in [1.82, 2.24) is 14.5 Å². The van der Waals surface area contributed by atoms with Gasteiger partial charge in [0.05, 0.1) is 25.4 Å². The maximum Gasteiger partial charge on any atom is 0.215 e. The maximum atomic E-state index is 5.38. The molecule has 0 radical (unpaired) electrons. The van der Waals surface area contributed by atoms with E-state index < -0.39 is 0 Å². The molecule has 0 unspecified atom stereocenters. The monoisotopic (exact) mass is 287 g/mol. The minimum Gasteiger partial charge on any atom is -0.497 e. The van der Waals surface area contributed by atoms with Gasteiger partial charge in [0.2, 0.25) is 5.88 Å². The summed E-state index contributed by atoms with van der Waals surface area (Å²) in [6.45, 7) is 0. The lowest BCUT2D eigenvalue weighted by Gasteiger charge is -2.06. The number of hydrogen-bond acceptors (Lipinski definition) is 4. The molecule has 3 aromatic rings. The highest BCUT2D eigenvalue weighted by Gasteiger charge is 2.09. The minimum absolute atomic E-state index is 0.545. The van der Waals surface area contributed by atoms with Gasteiger partial charge in [0, 0.05) is 12.1 Å². The van der Waals surface area contributed by atoms with Crippen LogP contribution in [0, 0.1) is 4.77 Å². The zero-order valence-corrected chi connectivity index (χ0v) is 11.9. The molecule has 0 aliphatic rings. The number of hydrogen-bond donors (Lipinski definition) is 1. The lowest BCUT2D eigenvalue weighted by atomic mass is 10.3. The fourth-order valence-corrected chi connectivity index (χ4v) is 2.37. The second-order valence-electron chi connectivity index (χ2n) is 4.19. The van der Waals surface area contributed by atoms with Crippen LogP contribution in [0.1, 0.15) is 0 Å². The molecule has 0 fully saturated rings. The number of nitrogens with zero attached hydrogens (tertiary/aromatic N) is 2. The third-order valence-corrected chi connectivity index (χ3v) is 3.31. The largest absolute Gasteiger partial charge is 0.497 e. The highest BCUT2D eigenvalue weighted by Crippen LogP contribution is 2.23. The van der Waals surface area contributed by atoms with Gasteiger partial charge < -0.3 is 14.5 Å².